The fourth-order valence-electron chi connectivity index (χ4n) is 1.20. The van der Waals surface area contributed by atoms with Crippen molar-refractivity contribution in [3.8, 4) is 0 Å². The normalized spacial score (nSPS) is 17.2. The summed E-state index contributed by atoms with van der Waals surface area (Å²) in [5.41, 5.74) is 1.14. The van der Waals surface area contributed by atoms with E-state index in [1.165, 1.54) is 12.8 Å². The van der Waals surface area contributed by atoms with Gasteiger partial charge in [0.05, 0.1) is 11.7 Å². The molecule has 0 unspecified atom stereocenters. The summed E-state index contributed by atoms with van der Waals surface area (Å²) in [5.74, 6) is 0. The van der Waals surface area contributed by atoms with E-state index < -0.39 is 0 Å². The Morgan fingerprint density at radius 3 is 3.18 bits per heavy atom. The molecule has 11 heavy (non-hydrogen) atoms. The van der Waals surface area contributed by atoms with Crippen LogP contribution in [0.25, 0.3) is 0 Å². The van der Waals surface area contributed by atoms with Gasteiger partial charge < -0.3 is 5.32 Å². The van der Waals surface area contributed by atoms with Gasteiger partial charge in [-0.15, -0.1) is 0 Å². The summed E-state index contributed by atoms with van der Waals surface area (Å²) in [6.07, 6.45) is 4.69. The Morgan fingerprint density at radius 1 is 1.73 bits per heavy atom. The van der Waals surface area contributed by atoms with E-state index in [2.05, 4.69) is 27.4 Å². The minimum atomic E-state index is 0.709. The maximum absolute atomic E-state index is 4.42. The first-order valence-electron chi connectivity index (χ1n) is 4.09. The van der Waals surface area contributed by atoms with Gasteiger partial charge in [-0.25, -0.2) is 0 Å². The molecule has 0 radical (unpaired) electrons. The number of aromatic nitrogens is 2. The molecule has 1 N–H and O–H groups in total. The maximum atomic E-state index is 4.42. The number of hydrogen-bond acceptors (Lipinski definition) is 2. The van der Waals surface area contributed by atoms with Crippen LogP contribution in [0.4, 0.5) is 0 Å². The molecule has 0 aromatic carbocycles. The third-order valence-electron chi connectivity index (χ3n) is 1.94. The average molecular weight is 151 g/mol. The van der Waals surface area contributed by atoms with Crippen molar-refractivity contribution >= 4 is 0 Å². The van der Waals surface area contributed by atoms with Crippen molar-refractivity contribution in [3.63, 3.8) is 0 Å². The molecule has 0 atom stereocenters. The molecule has 60 valence electrons. The van der Waals surface area contributed by atoms with Crippen LogP contribution < -0.4 is 5.32 Å². The Morgan fingerprint density at radius 2 is 2.55 bits per heavy atom. The van der Waals surface area contributed by atoms with Crippen molar-refractivity contribution < 1.29 is 0 Å². The van der Waals surface area contributed by atoms with E-state index in [4.69, 9.17) is 0 Å². The van der Waals surface area contributed by atoms with Crippen molar-refractivity contribution in [3.05, 3.63) is 18.0 Å². The highest BCUT2D eigenvalue weighted by Gasteiger charge is 2.23. The zero-order valence-corrected chi connectivity index (χ0v) is 6.75. The predicted molar refractivity (Wildman–Crippen MR) is 43.3 cm³/mol. The lowest BCUT2D eigenvalue weighted by Gasteiger charge is -1.95. The molecule has 1 aliphatic carbocycles. The van der Waals surface area contributed by atoms with E-state index in [9.17, 15) is 0 Å². The smallest absolute Gasteiger partial charge is 0.0762 e. The van der Waals surface area contributed by atoms with Crippen LogP contribution in [-0.2, 0) is 6.54 Å². The van der Waals surface area contributed by atoms with E-state index in [0.29, 0.717) is 6.04 Å². The molecule has 1 aromatic rings. The van der Waals surface area contributed by atoms with Gasteiger partial charge >= 0.3 is 0 Å². The van der Waals surface area contributed by atoms with Gasteiger partial charge in [0.2, 0.25) is 0 Å². The zero-order chi connectivity index (χ0) is 7.68. The molecule has 0 amide bonds. The van der Waals surface area contributed by atoms with Crippen LogP contribution in [0.3, 0.4) is 0 Å². The first kappa shape index (κ1) is 6.85. The van der Waals surface area contributed by atoms with Gasteiger partial charge in [-0.05, 0) is 26.0 Å². The summed E-state index contributed by atoms with van der Waals surface area (Å²) in [5, 5.41) is 7.50. The molecule has 1 aromatic heterocycles. The van der Waals surface area contributed by atoms with Crippen LogP contribution in [0.5, 0.6) is 0 Å². The molecule has 0 spiro atoms. The molecule has 0 aliphatic heterocycles. The molecular weight excluding hydrogens is 138 g/mol. The second kappa shape index (κ2) is 2.66. The number of nitrogens with zero attached hydrogens (tertiary/aromatic N) is 2. The number of nitrogens with one attached hydrogen (secondary N) is 1. The maximum Gasteiger partial charge on any atom is 0.0762 e. The largest absolute Gasteiger partial charge is 0.314 e. The first-order valence-corrected chi connectivity index (χ1v) is 4.09. The monoisotopic (exact) mass is 151 g/mol. The van der Waals surface area contributed by atoms with Gasteiger partial charge in [0.15, 0.2) is 0 Å². The highest BCUT2D eigenvalue weighted by atomic mass is 15.3. The molecule has 1 aliphatic rings. The average Bonchev–Trinajstić information content (AvgIpc) is 2.75. The van der Waals surface area contributed by atoms with Crippen LogP contribution in [0.1, 0.15) is 24.6 Å². The van der Waals surface area contributed by atoms with E-state index in [0.717, 1.165) is 12.2 Å². The lowest BCUT2D eigenvalue weighted by molar-refractivity contribution is 0.622. The molecule has 1 saturated carbocycles. The van der Waals surface area contributed by atoms with Crippen LogP contribution in [0.15, 0.2) is 12.3 Å². The van der Waals surface area contributed by atoms with E-state index >= 15 is 0 Å². The summed E-state index contributed by atoms with van der Waals surface area (Å²) in [7, 11) is 1.94. The third kappa shape index (κ3) is 1.43. The molecule has 0 bridgehead atoms. The fourth-order valence-corrected chi connectivity index (χ4v) is 1.20. The summed E-state index contributed by atoms with van der Waals surface area (Å²) in [4.78, 5) is 0. The van der Waals surface area contributed by atoms with Gasteiger partial charge in [0, 0.05) is 12.7 Å². The van der Waals surface area contributed by atoms with Gasteiger partial charge in [-0.3, -0.25) is 4.68 Å². The van der Waals surface area contributed by atoms with Crippen molar-refractivity contribution in [2.24, 2.45) is 0 Å². The summed E-state index contributed by atoms with van der Waals surface area (Å²) >= 11 is 0. The third-order valence-corrected chi connectivity index (χ3v) is 1.94. The van der Waals surface area contributed by atoms with Crippen molar-refractivity contribution in [1.29, 1.82) is 0 Å². The zero-order valence-electron chi connectivity index (χ0n) is 6.75. The summed E-state index contributed by atoms with van der Waals surface area (Å²) < 4.78 is 2.08. The number of rotatable bonds is 3. The molecule has 3 heteroatoms. The highest BCUT2D eigenvalue weighted by Crippen LogP contribution is 2.33. The van der Waals surface area contributed by atoms with Gasteiger partial charge in [0.25, 0.3) is 0 Å². The quantitative estimate of drug-likeness (QED) is 0.696. The van der Waals surface area contributed by atoms with Crippen LogP contribution in [-0.4, -0.2) is 16.8 Å². The standard InChI is InChI=1S/C8H13N3/c1-9-6-7-4-5-11(10-7)8-2-3-8/h4-5,8-9H,2-3,6H2,1H3. The Kier molecular flexibility index (Phi) is 1.66. The van der Waals surface area contributed by atoms with Gasteiger partial charge in [0.1, 0.15) is 0 Å². The summed E-state index contributed by atoms with van der Waals surface area (Å²) in [6, 6.07) is 2.79. The predicted octanol–water partition coefficient (Wildman–Crippen LogP) is 0.937. The Labute approximate surface area is 66.4 Å². The molecule has 1 fully saturated rings. The second-order valence-corrected chi connectivity index (χ2v) is 3.05. The minimum Gasteiger partial charge on any atom is -0.314 e. The van der Waals surface area contributed by atoms with Gasteiger partial charge in [-0.1, -0.05) is 0 Å². The molecule has 2 rings (SSSR count). The van der Waals surface area contributed by atoms with E-state index in [-0.39, 0.29) is 0 Å². The van der Waals surface area contributed by atoms with Gasteiger partial charge in [-0.2, -0.15) is 5.10 Å². The lowest BCUT2D eigenvalue weighted by atomic mass is 10.4. The molecular formula is C8H13N3. The van der Waals surface area contributed by atoms with Crippen LogP contribution in [0.2, 0.25) is 0 Å². The summed E-state index contributed by atoms with van der Waals surface area (Å²) in [6.45, 7) is 0.875. The van der Waals surface area contributed by atoms with Crippen LogP contribution >= 0.6 is 0 Å². The number of hydrogen-bond donors (Lipinski definition) is 1. The SMILES string of the molecule is CNCc1ccn(C2CC2)n1. The Hall–Kier alpha value is -0.830. The topological polar surface area (TPSA) is 29.9 Å². The van der Waals surface area contributed by atoms with Crippen molar-refractivity contribution in [2.45, 2.75) is 25.4 Å². The fraction of sp³-hybridized carbons (Fsp3) is 0.625. The van der Waals surface area contributed by atoms with E-state index in [1.807, 2.05) is 7.05 Å². The second-order valence-electron chi connectivity index (χ2n) is 3.05. The van der Waals surface area contributed by atoms with E-state index in [1.54, 1.807) is 0 Å². The Balaban J connectivity index is 2.06. The van der Waals surface area contributed by atoms with Crippen molar-refractivity contribution in [1.82, 2.24) is 15.1 Å². The lowest BCUT2D eigenvalue weighted by Crippen LogP contribution is -2.06. The highest BCUT2D eigenvalue weighted by molar-refractivity contribution is 5.00. The minimum absolute atomic E-state index is 0.709. The van der Waals surface area contributed by atoms with Crippen molar-refractivity contribution in [2.75, 3.05) is 7.05 Å². The molecule has 0 saturated heterocycles. The Bertz CT molecular complexity index is 237. The molecule has 1 heterocycles. The first-order chi connectivity index (χ1) is 5.40. The van der Waals surface area contributed by atoms with Crippen LogP contribution in [0, 0.1) is 0 Å². The molecule has 3 nitrogen and oxygen atoms in total.